The molecule has 0 aromatic carbocycles. The highest BCUT2D eigenvalue weighted by molar-refractivity contribution is 4.96. The van der Waals surface area contributed by atoms with Crippen molar-refractivity contribution in [2.75, 3.05) is 13.1 Å². The Balaban J connectivity index is 2.12. The zero-order valence-electron chi connectivity index (χ0n) is 7.62. The molecule has 1 aliphatic heterocycles. The van der Waals surface area contributed by atoms with E-state index in [1.54, 1.807) is 6.26 Å². The molecule has 0 aromatic heterocycles. The maximum absolute atomic E-state index is 5.36. The summed E-state index contributed by atoms with van der Waals surface area (Å²) >= 11 is 0. The smallest absolute Gasteiger partial charge is 0.116 e. The van der Waals surface area contributed by atoms with Crippen molar-refractivity contribution in [3.05, 3.63) is 24.5 Å². The highest BCUT2D eigenvalue weighted by atomic mass is 16.5. The Morgan fingerprint density at radius 1 is 1.67 bits per heavy atom. The minimum absolute atomic E-state index is 0.300. The van der Waals surface area contributed by atoms with Crippen molar-refractivity contribution in [3.8, 4) is 0 Å². The molecule has 1 atom stereocenters. The molecule has 12 heavy (non-hydrogen) atoms. The third kappa shape index (κ3) is 3.58. The lowest BCUT2D eigenvalue weighted by Gasteiger charge is -2.15. The molecule has 0 fully saturated rings. The third-order valence-corrected chi connectivity index (χ3v) is 1.83. The van der Waals surface area contributed by atoms with Crippen molar-refractivity contribution >= 4 is 0 Å². The number of likely N-dealkylation sites (N-methyl/N-ethyl adjacent to an activating group) is 1. The Hall–Kier alpha value is -0.760. The van der Waals surface area contributed by atoms with Crippen LogP contribution in [0.1, 0.15) is 19.8 Å². The van der Waals surface area contributed by atoms with Crippen molar-refractivity contribution in [1.82, 2.24) is 5.32 Å². The van der Waals surface area contributed by atoms with Crippen LogP contribution in [0.3, 0.4) is 0 Å². The first-order valence-electron chi connectivity index (χ1n) is 4.61. The normalized spacial score (nSPS) is 22.9. The van der Waals surface area contributed by atoms with Crippen LogP contribution in [-0.2, 0) is 4.74 Å². The van der Waals surface area contributed by atoms with Gasteiger partial charge >= 0.3 is 0 Å². The van der Waals surface area contributed by atoms with Gasteiger partial charge in [-0.3, -0.25) is 0 Å². The standard InChI is InChI=1S/C10H17NO/c1-2-11-8-5-7-10-6-3-4-9-12-10/h4-5,7,9-11H,2-3,6,8H2,1H3. The summed E-state index contributed by atoms with van der Waals surface area (Å²) in [5.41, 5.74) is 0. The predicted octanol–water partition coefficient (Wildman–Crippen LogP) is 1.84. The fourth-order valence-corrected chi connectivity index (χ4v) is 1.14. The fraction of sp³-hybridized carbons (Fsp3) is 0.600. The molecule has 0 saturated heterocycles. The summed E-state index contributed by atoms with van der Waals surface area (Å²) < 4.78 is 5.36. The van der Waals surface area contributed by atoms with Crippen LogP contribution in [0.4, 0.5) is 0 Å². The highest BCUT2D eigenvalue weighted by Crippen LogP contribution is 2.10. The van der Waals surface area contributed by atoms with E-state index in [0.717, 1.165) is 25.9 Å². The largest absolute Gasteiger partial charge is 0.494 e. The molecule has 0 radical (unpaired) electrons. The Morgan fingerprint density at radius 2 is 2.58 bits per heavy atom. The van der Waals surface area contributed by atoms with E-state index in [9.17, 15) is 0 Å². The molecule has 0 spiro atoms. The molecule has 2 nitrogen and oxygen atoms in total. The second kappa shape index (κ2) is 5.84. The van der Waals surface area contributed by atoms with Crippen LogP contribution in [-0.4, -0.2) is 19.2 Å². The summed E-state index contributed by atoms with van der Waals surface area (Å²) in [6.45, 7) is 4.07. The van der Waals surface area contributed by atoms with E-state index in [0.29, 0.717) is 6.10 Å². The first kappa shape index (κ1) is 9.33. The second-order valence-electron chi connectivity index (χ2n) is 2.86. The number of hydrogen-bond donors (Lipinski definition) is 1. The lowest BCUT2D eigenvalue weighted by atomic mass is 10.1. The molecule has 0 aliphatic carbocycles. The Labute approximate surface area is 74.3 Å². The molecule has 68 valence electrons. The molecule has 1 heterocycles. The molecule has 2 heteroatoms. The van der Waals surface area contributed by atoms with Gasteiger partial charge in [0.1, 0.15) is 6.10 Å². The van der Waals surface area contributed by atoms with Gasteiger partial charge < -0.3 is 10.1 Å². The number of allylic oxidation sites excluding steroid dienone is 1. The van der Waals surface area contributed by atoms with Crippen LogP contribution in [0.25, 0.3) is 0 Å². The summed E-state index contributed by atoms with van der Waals surface area (Å²) in [7, 11) is 0. The van der Waals surface area contributed by atoms with Crippen LogP contribution in [0.15, 0.2) is 24.5 Å². The Morgan fingerprint density at radius 3 is 3.25 bits per heavy atom. The summed E-state index contributed by atoms with van der Waals surface area (Å²) in [6.07, 6.45) is 10.7. The first-order valence-corrected chi connectivity index (χ1v) is 4.61. The van der Waals surface area contributed by atoms with Gasteiger partial charge in [0.25, 0.3) is 0 Å². The summed E-state index contributed by atoms with van der Waals surface area (Å²) in [5, 5.41) is 3.23. The van der Waals surface area contributed by atoms with Gasteiger partial charge in [0.2, 0.25) is 0 Å². The summed E-state index contributed by atoms with van der Waals surface area (Å²) in [5.74, 6) is 0. The van der Waals surface area contributed by atoms with Gasteiger partial charge in [-0.25, -0.2) is 0 Å². The number of hydrogen-bond acceptors (Lipinski definition) is 2. The molecule has 0 saturated carbocycles. The molecule has 0 amide bonds. The van der Waals surface area contributed by atoms with Crippen molar-refractivity contribution in [1.29, 1.82) is 0 Å². The lowest BCUT2D eigenvalue weighted by Crippen LogP contribution is -2.14. The van der Waals surface area contributed by atoms with E-state index in [-0.39, 0.29) is 0 Å². The Kier molecular flexibility index (Phi) is 4.54. The van der Waals surface area contributed by atoms with Gasteiger partial charge in [0, 0.05) is 6.54 Å². The van der Waals surface area contributed by atoms with Gasteiger partial charge in [-0.1, -0.05) is 13.0 Å². The zero-order chi connectivity index (χ0) is 8.65. The lowest BCUT2D eigenvalue weighted by molar-refractivity contribution is 0.165. The monoisotopic (exact) mass is 167 g/mol. The van der Waals surface area contributed by atoms with E-state index >= 15 is 0 Å². The van der Waals surface area contributed by atoms with Crippen LogP contribution >= 0.6 is 0 Å². The molecule has 1 N–H and O–H groups in total. The molecule has 0 aromatic rings. The number of ether oxygens (including phenoxy) is 1. The van der Waals surface area contributed by atoms with Crippen LogP contribution in [0, 0.1) is 0 Å². The SMILES string of the molecule is CCNCC=CC1CCC=CO1. The average Bonchev–Trinajstić information content (AvgIpc) is 2.14. The number of nitrogens with one attached hydrogen (secondary N) is 1. The van der Waals surface area contributed by atoms with Crippen molar-refractivity contribution in [2.24, 2.45) is 0 Å². The molecular weight excluding hydrogens is 150 g/mol. The van der Waals surface area contributed by atoms with Crippen LogP contribution < -0.4 is 5.32 Å². The van der Waals surface area contributed by atoms with Gasteiger partial charge in [0.05, 0.1) is 6.26 Å². The fourth-order valence-electron chi connectivity index (χ4n) is 1.14. The molecular formula is C10H17NO. The van der Waals surface area contributed by atoms with Gasteiger partial charge in [0.15, 0.2) is 0 Å². The molecule has 1 rings (SSSR count). The quantitative estimate of drug-likeness (QED) is 0.509. The maximum atomic E-state index is 5.36. The average molecular weight is 167 g/mol. The van der Waals surface area contributed by atoms with Crippen molar-refractivity contribution in [3.63, 3.8) is 0 Å². The zero-order valence-corrected chi connectivity index (χ0v) is 7.62. The van der Waals surface area contributed by atoms with Crippen LogP contribution in [0.2, 0.25) is 0 Å². The van der Waals surface area contributed by atoms with E-state index in [2.05, 4.69) is 30.5 Å². The van der Waals surface area contributed by atoms with Gasteiger partial charge in [-0.05, 0) is 31.5 Å². The Bertz CT molecular complexity index is 163. The summed E-state index contributed by atoms with van der Waals surface area (Å²) in [6, 6.07) is 0. The number of rotatable bonds is 4. The van der Waals surface area contributed by atoms with Crippen molar-refractivity contribution < 1.29 is 4.74 Å². The van der Waals surface area contributed by atoms with E-state index < -0.39 is 0 Å². The molecule has 1 unspecified atom stereocenters. The van der Waals surface area contributed by atoms with E-state index in [1.807, 2.05) is 0 Å². The topological polar surface area (TPSA) is 21.3 Å². The molecule has 0 bridgehead atoms. The van der Waals surface area contributed by atoms with Gasteiger partial charge in [-0.15, -0.1) is 0 Å². The summed E-state index contributed by atoms with van der Waals surface area (Å²) in [4.78, 5) is 0. The maximum Gasteiger partial charge on any atom is 0.116 e. The van der Waals surface area contributed by atoms with Crippen LogP contribution in [0.5, 0.6) is 0 Å². The highest BCUT2D eigenvalue weighted by Gasteiger charge is 2.04. The second-order valence-corrected chi connectivity index (χ2v) is 2.86. The minimum Gasteiger partial charge on any atom is -0.494 e. The van der Waals surface area contributed by atoms with Gasteiger partial charge in [-0.2, -0.15) is 0 Å². The van der Waals surface area contributed by atoms with E-state index in [1.165, 1.54) is 0 Å². The first-order chi connectivity index (χ1) is 5.93. The van der Waals surface area contributed by atoms with E-state index in [4.69, 9.17) is 4.74 Å². The third-order valence-electron chi connectivity index (χ3n) is 1.83. The van der Waals surface area contributed by atoms with Crippen molar-refractivity contribution in [2.45, 2.75) is 25.9 Å². The minimum atomic E-state index is 0.300. The molecule has 1 aliphatic rings. The predicted molar refractivity (Wildman–Crippen MR) is 50.9 cm³/mol.